The number of nitriles is 1. The summed E-state index contributed by atoms with van der Waals surface area (Å²) in [6.45, 7) is 12.6. The normalized spacial score (nSPS) is 25.4. The predicted octanol–water partition coefficient (Wildman–Crippen LogP) is 6.48. The summed E-state index contributed by atoms with van der Waals surface area (Å²) >= 11 is 0. The van der Waals surface area contributed by atoms with Gasteiger partial charge in [-0.25, -0.2) is 4.39 Å². The number of hydrogen-bond donors (Lipinski definition) is 2. The highest BCUT2D eigenvalue weighted by Crippen LogP contribution is 2.47. The Balaban J connectivity index is 1.50. The fourth-order valence-corrected chi connectivity index (χ4v) is 7.85. The molecule has 48 heavy (non-hydrogen) atoms. The molecule has 7 rings (SSSR count). The zero-order chi connectivity index (χ0) is 33.7. The van der Waals surface area contributed by atoms with Gasteiger partial charge in [-0.2, -0.15) is 15.2 Å². The van der Waals surface area contributed by atoms with E-state index in [9.17, 15) is 10.4 Å². The second-order valence-electron chi connectivity index (χ2n) is 13.8. The van der Waals surface area contributed by atoms with Crippen molar-refractivity contribution in [2.24, 2.45) is 10.4 Å². The Hall–Kier alpha value is -4.33. The van der Waals surface area contributed by atoms with Crippen molar-refractivity contribution >= 4 is 39.0 Å². The molecule has 4 aliphatic rings. The third-order valence-electron chi connectivity index (χ3n) is 10.1. The van der Waals surface area contributed by atoms with E-state index in [4.69, 9.17) is 24.4 Å². The monoisotopic (exact) mass is 650 g/mol. The van der Waals surface area contributed by atoms with E-state index < -0.39 is 5.41 Å². The number of aryl methyl sites for hydroxylation is 1. The lowest BCUT2D eigenvalue weighted by molar-refractivity contribution is 0.134. The van der Waals surface area contributed by atoms with Crippen LogP contribution in [0.15, 0.2) is 35.3 Å². The number of nitrogens with one attached hydrogen (secondary N) is 1. The van der Waals surface area contributed by atoms with Crippen LogP contribution in [0.3, 0.4) is 0 Å². The predicted molar refractivity (Wildman–Crippen MR) is 187 cm³/mol. The van der Waals surface area contributed by atoms with Gasteiger partial charge in [0.1, 0.15) is 29.4 Å². The largest absolute Gasteiger partial charge is 0.508 e. The van der Waals surface area contributed by atoms with Gasteiger partial charge >= 0.3 is 6.01 Å². The number of aliphatic imine (C=N–C) groups is 1. The smallest absolute Gasteiger partial charge is 0.319 e. The molecule has 3 atom stereocenters. The average molecular weight is 651 g/mol. The Bertz CT molecular complexity index is 1910. The number of rotatable bonds is 7. The lowest BCUT2D eigenvalue weighted by Gasteiger charge is -2.37. The van der Waals surface area contributed by atoms with Crippen molar-refractivity contribution < 1.29 is 19.0 Å². The Labute approximate surface area is 281 Å². The quantitative estimate of drug-likeness (QED) is 0.299. The van der Waals surface area contributed by atoms with Gasteiger partial charge in [0, 0.05) is 49.0 Å². The molecule has 3 aliphatic heterocycles. The fraction of sp³-hybridized carbons (Fsp3) is 0.474. The van der Waals surface area contributed by atoms with Gasteiger partial charge in [0.05, 0.1) is 29.6 Å². The van der Waals surface area contributed by atoms with E-state index in [2.05, 4.69) is 22.4 Å². The summed E-state index contributed by atoms with van der Waals surface area (Å²) in [5, 5.41) is 26.3. The molecule has 0 saturated carbocycles. The molecular formula is C38H43FN6O3. The Morgan fingerprint density at radius 3 is 2.67 bits per heavy atom. The highest BCUT2D eigenvalue weighted by molar-refractivity contribution is 6.51. The van der Waals surface area contributed by atoms with Gasteiger partial charge in [-0.1, -0.05) is 19.1 Å². The molecule has 250 valence electrons. The highest BCUT2D eigenvalue weighted by Gasteiger charge is 2.40. The lowest BCUT2D eigenvalue weighted by atomic mass is 9.78. The number of aromatic nitrogens is 2. The lowest BCUT2D eigenvalue weighted by Crippen LogP contribution is -2.51. The molecule has 2 bridgehead atoms. The van der Waals surface area contributed by atoms with Gasteiger partial charge in [-0.3, -0.25) is 4.99 Å². The first-order chi connectivity index (χ1) is 23.1. The average Bonchev–Trinajstić information content (AvgIpc) is 3.69. The van der Waals surface area contributed by atoms with Crippen LogP contribution in [0.1, 0.15) is 76.3 Å². The number of nitrogens with zero attached hydrogens (tertiary/aromatic N) is 5. The van der Waals surface area contributed by atoms with Gasteiger partial charge in [0.15, 0.2) is 0 Å². The molecule has 0 radical (unpaired) electrons. The Morgan fingerprint density at radius 1 is 1.25 bits per heavy atom. The van der Waals surface area contributed by atoms with Crippen LogP contribution >= 0.6 is 0 Å². The number of fused-ring (bicyclic) bond motifs is 4. The van der Waals surface area contributed by atoms with Gasteiger partial charge in [-0.15, -0.1) is 0 Å². The fourth-order valence-electron chi connectivity index (χ4n) is 7.85. The number of phenolic OH excluding ortho intramolecular Hbond substituents is 1. The molecule has 9 nitrogen and oxygen atoms in total. The molecule has 1 aliphatic carbocycles. The Morgan fingerprint density at radius 2 is 2.02 bits per heavy atom. The molecule has 3 fully saturated rings. The second-order valence-corrected chi connectivity index (χ2v) is 13.8. The molecule has 4 heterocycles. The van der Waals surface area contributed by atoms with Crippen LogP contribution in [-0.4, -0.2) is 71.8 Å². The number of benzene rings is 2. The van der Waals surface area contributed by atoms with Crippen molar-refractivity contribution in [2.75, 3.05) is 37.8 Å². The van der Waals surface area contributed by atoms with Crippen molar-refractivity contribution in [3.8, 4) is 17.8 Å². The molecule has 2 aromatic carbocycles. The number of aromatic hydroxyl groups is 1. The van der Waals surface area contributed by atoms with Gasteiger partial charge in [-0.05, 0) is 99.0 Å². The Kier molecular flexibility index (Phi) is 8.46. The van der Waals surface area contributed by atoms with Gasteiger partial charge in [0.25, 0.3) is 0 Å². The standard InChI is InChI=1S/C38H43FN6O3/c1-6-27-30(39)11-8-23-14-26(46)15-29(32(23)27)31-22(5)34-33(28(7-2)35(31)41-21(3)4)36(45-16-24-9-10-25(17-45)42-24)44-37(43-34)48-20-38(18-40)12-13-47-19-38/h7-8,11,14-15,21,24-25,42,46H,6,9-10,12-13,16-17,19-20H2,1-5H3/b28-7-,41-35?. The van der Waals surface area contributed by atoms with Crippen LogP contribution in [0.25, 0.3) is 27.5 Å². The van der Waals surface area contributed by atoms with Crippen molar-refractivity contribution in [2.45, 2.75) is 78.4 Å². The van der Waals surface area contributed by atoms with Crippen molar-refractivity contribution in [3.63, 3.8) is 0 Å². The summed E-state index contributed by atoms with van der Waals surface area (Å²) in [6, 6.07) is 9.89. The second kappa shape index (κ2) is 12.6. The summed E-state index contributed by atoms with van der Waals surface area (Å²) in [4.78, 5) is 17.7. The summed E-state index contributed by atoms with van der Waals surface area (Å²) in [5.74, 6) is 0.592. The maximum Gasteiger partial charge on any atom is 0.319 e. The summed E-state index contributed by atoms with van der Waals surface area (Å²) in [6.07, 6.45) is 5.36. The number of phenols is 1. The van der Waals surface area contributed by atoms with Crippen molar-refractivity contribution in [1.82, 2.24) is 15.3 Å². The van der Waals surface area contributed by atoms with Gasteiger partial charge < -0.3 is 24.8 Å². The zero-order valence-electron chi connectivity index (χ0n) is 28.4. The maximum atomic E-state index is 15.4. The van der Waals surface area contributed by atoms with Crippen LogP contribution in [0.5, 0.6) is 11.8 Å². The molecule has 3 saturated heterocycles. The van der Waals surface area contributed by atoms with E-state index >= 15 is 4.39 Å². The molecular weight excluding hydrogens is 607 g/mol. The maximum absolute atomic E-state index is 15.4. The van der Waals surface area contributed by atoms with E-state index in [0.717, 1.165) is 70.5 Å². The minimum atomic E-state index is -0.754. The van der Waals surface area contributed by atoms with E-state index in [1.54, 1.807) is 18.2 Å². The molecule has 10 heteroatoms. The third kappa shape index (κ3) is 5.53. The van der Waals surface area contributed by atoms with Crippen LogP contribution < -0.4 is 15.0 Å². The van der Waals surface area contributed by atoms with Crippen molar-refractivity contribution in [1.29, 1.82) is 5.26 Å². The topological polar surface area (TPSA) is 116 Å². The molecule has 0 amide bonds. The first kappa shape index (κ1) is 32.2. The minimum absolute atomic E-state index is 0.0527. The molecule has 3 aromatic rings. The zero-order valence-corrected chi connectivity index (χ0v) is 28.4. The highest BCUT2D eigenvalue weighted by atomic mass is 19.1. The number of halogens is 1. The third-order valence-corrected chi connectivity index (χ3v) is 10.1. The van der Waals surface area contributed by atoms with Crippen molar-refractivity contribution in [3.05, 3.63) is 58.5 Å². The minimum Gasteiger partial charge on any atom is -0.508 e. The molecule has 1 aromatic heterocycles. The summed E-state index contributed by atoms with van der Waals surface area (Å²) < 4.78 is 27.3. The van der Waals surface area contributed by atoms with Crippen LogP contribution in [0, 0.1) is 22.6 Å². The van der Waals surface area contributed by atoms with Crippen LogP contribution in [-0.2, 0) is 11.2 Å². The number of anilines is 1. The van der Waals surface area contributed by atoms with E-state index in [0.29, 0.717) is 55.0 Å². The van der Waals surface area contributed by atoms with Gasteiger partial charge in [0.2, 0.25) is 0 Å². The first-order valence-corrected chi connectivity index (χ1v) is 17.1. The van der Waals surface area contributed by atoms with E-state index in [1.807, 2.05) is 34.6 Å². The number of allylic oxidation sites excluding steroid dienone is 4. The molecule has 0 spiro atoms. The molecule has 2 N–H and O–H groups in total. The number of piperazine rings is 1. The number of hydrogen-bond acceptors (Lipinski definition) is 9. The van der Waals surface area contributed by atoms with E-state index in [-0.39, 0.29) is 30.2 Å². The van der Waals surface area contributed by atoms with E-state index in [1.165, 1.54) is 6.07 Å². The summed E-state index contributed by atoms with van der Waals surface area (Å²) in [5.41, 5.74) is 5.40. The van der Waals surface area contributed by atoms with Crippen LogP contribution in [0.2, 0.25) is 0 Å². The number of ether oxygens (including phenoxy) is 2. The molecule has 3 unspecified atom stereocenters. The van der Waals surface area contributed by atoms with Crippen LogP contribution in [0.4, 0.5) is 10.2 Å². The first-order valence-electron chi connectivity index (χ1n) is 17.1. The SMILES string of the molecule is C/C=C1\C(=NC(C)C)C(c2cc(O)cc3ccc(F)c(CC)c23)=C(C)c2nc(OCC3(C#N)CCOC3)nc(N3CC4CCC(C3)N4)c21. The summed E-state index contributed by atoms with van der Waals surface area (Å²) in [7, 11) is 0.